The number of unbranched alkanes of at least 4 members (excludes halogenated alkanes) is 26. The fourth-order valence-corrected chi connectivity index (χ4v) is 8.67. The third kappa shape index (κ3) is 62.5. The maximum Gasteiger partial charge on any atom is 0.306 e. The second kappa shape index (κ2) is 64.3. The molecule has 0 heterocycles. The Morgan fingerprint density at radius 1 is 0.273 bits per heavy atom. The standard InChI is InChI=1S/C71H118O6/c1-4-7-10-13-16-19-22-24-26-28-30-31-32-33-34-35-36-37-38-39-40-41-42-44-45-47-49-52-55-58-61-64-70(73)76-67-68(66-75-69(72)63-60-57-54-51-21-18-15-12-9-6-3)77-71(74)65-62-59-56-53-50-48-46-43-29-27-25-23-20-17-14-11-8-5-2/h7,10,16,19,24,26-27,29-31,33-34,36-37,39-40,42,44,47,49,68H,4-6,8-9,11-15,17-18,20-23,25,28,32,35,38,41,43,45-46,48,50-67H2,1-3H3/b10-7-,19-16-,26-24-,29-27-,31-30-,34-33-,37-36-,40-39-,44-42-,49-47-. The Hall–Kier alpha value is -4.19. The largest absolute Gasteiger partial charge is 0.462 e. The van der Waals surface area contributed by atoms with E-state index < -0.39 is 6.10 Å². The molecule has 0 aromatic carbocycles. The number of carbonyl (C=O) groups is 3. The smallest absolute Gasteiger partial charge is 0.306 e. The molecule has 0 bridgehead atoms. The summed E-state index contributed by atoms with van der Waals surface area (Å²) in [5.74, 6) is -0.926. The van der Waals surface area contributed by atoms with Crippen LogP contribution in [0.4, 0.5) is 0 Å². The van der Waals surface area contributed by atoms with Crippen LogP contribution in [0, 0.1) is 0 Å². The highest BCUT2D eigenvalue weighted by Crippen LogP contribution is 2.15. The normalized spacial score (nSPS) is 12.9. The fourth-order valence-electron chi connectivity index (χ4n) is 8.67. The molecule has 6 heteroatoms. The summed E-state index contributed by atoms with van der Waals surface area (Å²) in [4.78, 5) is 38.2. The van der Waals surface area contributed by atoms with Crippen LogP contribution in [-0.4, -0.2) is 37.2 Å². The average molecular weight is 1070 g/mol. The predicted octanol–water partition coefficient (Wildman–Crippen LogP) is 22.0. The maximum absolute atomic E-state index is 12.9. The number of hydrogen-bond donors (Lipinski definition) is 0. The number of hydrogen-bond acceptors (Lipinski definition) is 6. The molecular formula is C71H118O6. The van der Waals surface area contributed by atoms with Crippen molar-refractivity contribution >= 4 is 17.9 Å². The van der Waals surface area contributed by atoms with Gasteiger partial charge >= 0.3 is 17.9 Å². The third-order valence-corrected chi connectivity index (χ3v) is 13.5. The molecule has 1 atom stereocenters. The van der Waals surface area contributed by atoms with Gasteiger partial charge in [0, 0.05) is 19.3 Å². The van der Waals surface area contributed by atoms with Crippen molar-refractivity contribution in [2.75, 3.05) is 13.2 Å². The molecule has 0 fully saturated rings. The molecule has 0 amide bonds. The Balaban J connectivity index is 4.33. The van der Waals surface area contributed by atoms with Crippen LogP contribution in [0.5, 0.6) is 0 Å². The van der Waals surface area contributed by atoms with Gasteiger partial charge in [-0.1, -0.05) is 277 Å². The van der Waals surface area contributed by atoms with E-state index >= 15 is 0 Å². The monoisotopic (exact) mass is 1070 g/mol. The zero-order valence-electron chi connectivity index (χ0n) is 50.2. The first kappa shape index (κ1) is 72.8. The van der Waals surface area contributed by atoms with Gasteiger partial charge in [-0.05, 0) is 116 Å². The Morgan fingerprint density at radius 2 is 0.506 bits per heavy atom. The summed E-state index contributed by atoms with van der Waals surface area (Å²) < 4.78 is 16.9. The topological polar surface area (TPSA) is 78.9 Å². The van der Waals surface area contributed by atoms with Gasteiger partial charge in [0.25, 0.3) is 0 Å². The third-order valence-electron chi connectivity index (χ3n) is 13.5. The predicted molar refractivity (Wildman–Crippen MR) is 334 cm³/mol. The number of esters is 3. The second-order valence-corrected chi connectivity index (χ2v) is 20.9. The first-order chi connectivity index (χ1) is 38.0. The minimum absolute atomic E-state index is 0.0901. The van der Waals surface area contributed by atoms with Crippen LogP contribution < -0.4 is 0 Å². The average Bonchev–Trinajstić information content (AvgIpc) is 3.43. The van der Waals surface area contributed by atoms with Gasteiger partial charge in [-0.15, -0.1) is 0 Å². The van der Waals surface area contributed by atoms with E-state index in [2.05, 4.69) is 142 Å². The van der Waals surface area contributed by atoms with Gasteiger partial charge in [0.2, 0.25) is 0 Å². The van der Waals surface area contributed by atoms with Crippen molar-refractivity contribution in [2.45, 2.75) is 297 Å². The lowest BCUT2D eigenvalue weighted by Crippen LogP contribution is -2.30. The van der Waals surface area contributed by atoms with Gasteiger partial charge in [0.15, 0.2) is 6.10 Å². The lowest BCUT2D eigenvalue weighted by atomic mass is 10.1. The highest BCUT2D eigenvalue weighted by molar-refractivity contribution is 5.71. The number of rotatable bonds is 57. The quantitative estimate of drug-likeness (QED) is 0.0261. The van der Waals surface area contributed by atoms with E-state index in [0.29, 0.717) is 19.3 Å². The summed E-state index contributed by atoms with van der Waals surface area (Å²) in [5.41, 5.74) is 0. The van der Waals surface area contributed by atoms with Crippen LogP contribution in [0.15, 0.2) is 122 Å². The highest BCUT2D eigenvalue weighted by Gasteiger charge is 2.19. The van der Waals surface area contributed by atoms with Crippen LogP contribution in [-0.2, 0) is 28.6 Å². The van der Waals surface area contributed by atoms with Crippen molar-refractivity contribution in [3.63, 3.8) is 0 Å². The molecule has 0 radical (unpaired) electrons. The van der Waals surface area contributed by atoms with Crippen molar-refractivity contribution in [1.29, 1.82) is 0 Å². The molecule has 6 nitrogen and oxygen atoms in total. The Labute approximate surface area is 475 Å². The summed E-state index contributed by atoms with van der Waals surface area (Å²) in [5, 5.41) is 0. The fraction of sp³-hybridized carbons (Fsp3) is 0.676. The van der Waals surface area contributed by atoms with Crippen LogP contribution in [0.2, 0.25) is 0 Å². The molecule has 0 saturated heterocycles. The molecule has 0 saturated carbocycles. The van der Waals surface area contributed by atoms with Gasteiger partial charge < -0.3 is 14.2 Å². The van der Waals surface area contributed by atoms with E-state index in [9.17, 15) is 14.4 Å². The molecule has 0 N–H and O–H groups in total. The van der Waals surface area contributed by atoms with E-state index in [0.717, 1.165) is 122 Å². The molecule has 1 unspecified atom stereocenters. The molecule has 0 aromatic heterocycles. The zero-order valence-corrected chi connectivity index (χ0v) is 50.2. The first-order valence-electron chi connectivity index (χ1n) is 32.0. The Morgan fingerprint density at radius 3 is 0.818 bits per heavy atom. The van der Waals surface area contributed by atoms with E-state index in [-0.39, 0.29) is 31.1 Å². The maximum atomic E-state index is 12.9. The van der Waals surface area contributed by atoms with Crippen molar-refractivity contribution in [3.05, 3.63) is 122 Å². The summed E-state index contributed by atoms with van der Waals surface area (Å²) in [6.45, 7) is 6.49. The molecule has 0 spiro atoms. The minimum Gasteiger partial charge on any atom is -0.462 e. The summed E-state index contributed by atoms with van der Waals surface area (Å²) in [6, 6.07) is 0. The molecule has 0 aliphatic rings. The first-order valence-corrected chi connectivity index (χ1v) is 32.0. The molecule has 0 aliphatic heterocycles. The van der Waals surface area contributed by atoms with Crippen LogP contribution >= 0.6 is 0 Å². The van der Waals surface area contributed by atoms with Gasteiger partial charge in [-0.3, -0.25) is 14.4 Å². The Bertz CT molecular complexity index is 1600. The van der Waals surface area contributed by atoms with E-state index in [1.54, 1.807) is 0 Å². The van der Waals surface area contributed by atoms with Crippen molar-refractivity contribution in [3.8, 4) is 0 Å². The van der Waals surface area contributed by atoms with Crippen LogP contribution in [0.1, 0.15) is 290 Å². The molecule has 77 heavy (non-hydrogen) atoms. The summed E-state index contributed by atoms with van der Waals surface area (Å²) in [7, 11) is 0. The minimum atomic E-state index is -0.795. The van der Waals surface area contributed by atoms with Gasteiger partial charge in [-0.25, -0.2) is 0 Å². The van der Waals surface area contributed by atoms with Gasteiger partial charge in [0.1, 0.15) is 13.2 Å². The second-order valence-electron chi connectivity index (χ2n) is 20.9. The lowest BCUT2D eigenvalue weighted by Gasteiger charge is -2.18. The number of ether oxygens (including phenoxy) is 3. The zero-order chi connectivity index (χ0) is 55.7. The van der Waals surface area contributed by atoms with Crippen LogP contribution in [0.25, 0.3) is 0 Å². The molecule has 0 rings (SSSR count). The summed E-state index contributed by atoms with van der Waals surface area (Å²) >= 11 is 0. The summed E-state index contributed by atoms with van der Waals surface area (Å²) in [6.07, 6.45) is 89.2. The van der Waals surface area contributed by atoms with E-state index in [4.69, 9.17) is 14.2 Å². The molecular weight excluding hydrogens is 949 g/mol. The van der Waals surface area contributed by atoms with Crippen LogP contribution in [0.3, 0.4) is 0 Å². The van der Waals surface area contributed by atoms with Crippen molar-refractivity contribution in [1.82, 2.24) is 0 Å². The molecule has 438 valence electrons. The van der Waals surface area contributed by atoms with Crippen molar-refractivity contribution in [2.24, 2.45) is 0 Å². The van der Waals surface area contributed by atoms with Gasteiger partial charge in [-0.2, -0.15) is 0 Å². The van der Waals surface area contributed by atoms with Crippen molar-refractivity contribution < 1.29 is 28.6 Å². The lowest BCUT2D eigenvalue weighted by molar-refractivity contribution is -0.167. The molecule has 0 aromatic rings. The number of allylic oxidation sites excluding steroid dienone is 20. The van der Waals surface area contributed by atoms with E-state index in [1.807, 2.05) is 0 Å². The Kier molecular flexibility index (Phi) is 60.8. The SMILES string of the molecule is CC/C=C\C/C=C\C/C=C\C/C=C\C/C=C\C/C=C\C/C=C\C/C=C\C/C=C\CCCCCC(=O)OCC(COC(=O)CCCCCCCCCCCC)OC(=O)CCCCCCCCC/C=C\CCCCCCCCC. The van der Waals surface area contributed by atoms with E-state index in [1.165, 1.54) is 128 Å². The van der Waals surface area contributed by atoms with Gasteiger partial charge in [0.05, 0.1) is 0 Å². The number of carbonyl (C=O) groups excluding carboxylic acids is 3. The highest BCUT2D eigenvalue weighted by atomic mass is 16.6. The molecule has 0 aliphatic carbocycles.